The first-order valence-electron chi connectivity index (χ1n) is 15.3. The number of hydrogen-bond acceptors (Lipinski definition) is 7. The number of nitrogens with one attached hydrogen (secondary N) is 1. The van der Waals surface area contributed by atoms with Crippen molar-refractivity contribution in [3.05, 3.63) is 89.0 Å². The molecule has 4 heterocycles. The molecular weight excluding hydrogens is 677 g/mol. The Kier molecular flexibility index (Phi) is 8.13. The smallest absolute Gasteiger partial charge is 0.392 e. The van der Waals surface area contributed by atoms with Crippen LogP contribution in [0.5, 0.6) is 0 Å². The Balaban J connectivity index is 1.24. The third-order valence-electron chi connectivity index (χ3n) is 8.68. The van der Waals surface area contributed by atoms with Gasteiger partial charge in [-0.05, 0) is 59.9 Å². The summed E-state index contributed by atoms with van der Waals surface area (Å²) < 4.78 is 103. The van der Waals surface area contributed by atoms with Crippen LogP contribution in [-0.2, 0) is 23.9 Å². The number of anilines is 2. The number of benzene rings is 3. The molecule has 2 aromatic heterocycles. The zero-order valence-corrected chi connectivity index (χ0v) is 25.6. The minimum atomic E-state index is -5.27. The predicted molar refractivity (Wildman–Crippen MR) is 164 cm³/mol. The fourth-order valence-electron chi connectivity index (χ4n) is 6.36. The number of aliphatic hydroxyl groups is 1. The van der Waals surface area contributed by atoms with Crippen LogP contribution in [0.3, 0.4) is 0 Å². The third-order valence-corrected chi connectivity index (χ3v) is 8.68. The third kappa shape index (κ3) is 6.06. The summed E-state index contributed by atoms with van der Waals surface area (Å²) in [6.45, 7) is 1.43. The number of likely N-dealkylation sites (tertiary alicyclic amines) is 1. The first-order valence-corrected chi connectivity index (χ1v) is 15.3. The van der Waals surface area contributed by atoms with Gasteiger partial charge in [-0.15, -0.1) is 0 Å². The second kappa shape index (κ2) is 12.2. The number of hydrogen-bond donors (Lipinski definition) is 2. The van der Waals surface area contributed by atoms with E-state index in [2.05, 4.69) is 15.2 Å². The van der Waals surface area contributed by atoms with Crippen molar-refractivity contribution in [3.8, 4) is 16.8 Å². The highest BCUT2D eigenvalue weighted by Crippen LogP contribution is 2.39. The zero-order chi connectivity index (χ0) is 35.5. The van der Waals surface area contributed by atoms with E-state index in [0.717, 1.165) is 22.1 Å². The van der Waals surface area contributed by atoms with E-state index < -0.39 is 58.9 Å². The van der Waals surface area contributed by atoms with Crippen molar-refractivity contribution in [2.45, 2.75) is 37.8 Å². The molecule has 3 aromatic carbocycles. The van der Waals surface area contributed by atoms with Crippen LogP contribution in [0.25, 0.3) is 27.8 Å². The fourth-order valence-corrected chi connectivity index (χ4v) is 6.36. The van der Waals surface area contributed by atoms with E-state index in [1.807, 2.05) is 18.2 Å². The highest BCUT2D eigenvalue weighted by Gasteiger charge is 2.44. The molecule has 2 N–H and O–H groups in total. The van der Waals surface area contributed by atoms with Crippen molar-refractivity contribution in [2.24, 2.45) is 0 Å². The topological polar surface area (TPSA) is 117 Å². The van der Waals surface area contributed by atoms with Gasteiger partial charge in [-0.1, -0.05) is 35.5 Å². The van der Waals surface area contributed by atoms with Gasteiger partial charge in [-0.25, -0.2) is 9.07 Å². The van der Waals surface area contributed by atoms with Crippen LogP contribution in [0, 0.1) is 5.82 Å². The molecule has 260 valence electrons. The Morgan fingerprint density at radius 2 is 1.80 bits per heavy atom. The fraction of sp³-hybridized carbons (Fsp3) is 0.273. The minimum Gasteiger partial charge on any atom is -0.392 e. The molecule has 50 heavy (non-hydrogen) atoms. The monoisotopic (exact) mass is 702 g/mol. The Morgan fingerprint density at radius 3 is 2.50 bits per heavy atom. The van der Waals surface area contributed by atoms with Gasteiger partial charge in [0.1, 0.15) is 11.5 Å². The molecule has 0 spiro atoms. The average molecular weight is 703 g/mol. The molecule has 2 aliphatic rings. The van der Waals surface area contributed by atoms with Crippen molar-refractivity contribution in [3.63, 3.8) is 0 Å². The molecule has 2 aliphatic heterocycles. The first kappa shape index (κ1) is 33.2. The van der Waals surface area contributed by atoms with Gasteiger partial charge in [0.15, 0.2) is 17.1 Å². The molecule has 5 aromatic rings. The van der Waals surface area contributed by atoms with Gasteiger partial charge < -0.3 is 14.5 Å². The number of carbonyl (C=O) groups is 2. The molecule has 17 heteroatoms. The summed E-state index contributed by atoms with van der Waals surface area (Å²) in [5.41, 5.74) is -0.675. The van der Waals surface area contributed by atoms with Gasteiger partial charge >= 0.3 is 18.3 Å². The van der Waals surface area contributed by atoms with Crippen molar-refractivity contribution >= 4 is 34.3 Å². The van der Waals surface area contributed by atoms with Gasteiger partial charge in [-0.3, -0.25) is 19.8 Å². The molecule has 0 unspecified atom stereocenters. The lowest BCUT2D eigenvalue weighted by atomic mass is 9.98. The molecule has 0 bridgehead atoms. The van der Waals surface area contributed by atoms with Crippen molar-refractivity contribution in [1.29, 1.82) is 0 Å². The Bertz CT molecular complexity index is 2140. The number of aliphatic hydroxyl groups excluding tert-OH is 1. The lowest BCUT2D eigenvalue weighted by molar-refractivity contribution is -0.167. The van der Waals surface area contributed by atoms with Crippen molar-refractivity contribution in [1.82, 2.24) is 19.8 Å². The maximum atomic E-state index is 15.9. The summed E-state index contributed by atoms with van der Waals surface area (Å²) in [5, 5.41) is 18.3. The van der Waals surface area contributed by atoms with E-state index in [1.165, 1.54) is 24.3 Å². The van der Waals surface area contributed by atoms with E-state index in [0.29, 0.717) is 36.3 Å². The normalized spacial score (nSPS) is 17.1. The molecule has 1 atom stereocenters. The number of amides is 2. The van der Waals surface area contributed by atoms with Crippen LogP contribution >= 0.6 is 0 Å². The van der Waals surface area contributed by atoms with E-state index in [-0.39, 0.29) is 35.3 Å². The second-order valence-electron chi connectivity index (χ2n) is 12.0. The number of β-amino-alcohol motifs (C(OH)–C–C–N with tert-alkyl or cyclic N) is 1. The van der Waals surface area contributed by atoms with Gasteiger partial charge in [0.05, 0.1) is 22.9 Å². The van der Waals surface area contributed by atoms with E-state index in [9.17, 15) is 41.0 Å². The number of aromatic nitrogens is 3. The van der Waals surface area contributed by atoms with Crippen LogP contribution in [0.1, 0.15) is 33.7 Å². The largest absolute Gasteiger partial charge is 0.471 e. The molecule has 0 aliphatic carbocycles. The summed E-state index contributed by atoms with van der Waals surface area (Å²) >= 11 is 0. The molecule has 7 rings (SSSR count). The van der Waals surface area contributed by atoms with Crippen molar-refractivity contribution < 1.29 is 50.0 Å². The Morgan fingerprint density at radius 1 is 1.02 bits per heavy atom. The van der Waals surface area contributed by atoms with E-state index in [1.54, 1.807) is 17.4 Å². The molecule has 0 radical (unpaired) electrons. The lowest BCUT2D eigenvalue weighted by Gasteiger charge is -2.28. The van der Waals surface area contributed by atoms with E-state index in [4.69, 9.17) is 4.52 Å². The summed E-state index contributed by atoms with van der Waals surface area (Å²) in [7, 11) is 0. The Labute approximate surface area is 277 Å². The van der Waals surface area contributed by atoms with E-state index >= 15 is 4.39 Å². The number of alkyl halides is 6. The first-order chi connectivity index (χ1) is 23.7. The maximum Gasteiger partial charge on any atom is 0.471 e. The molecular formula is C33H25F7N6O4. The minimum absolute atomic E-state index is 0.113. The van der Waals surface area contributed by atoms with Crippen molar-refractivity contribution in [2.75, 3.05) is 29.9 Å². The average Bonchev–Trinajstić information content (AvgIpc) is 3.78. The quantitative estimate of drug-likeness (QED) is 0.205. The number of halogens is 7. The number of carbonyl (C=O) groups excluding carboxylic acids is 2. The van der Waals surface area contributed by atoms with Gasteiger partial charge in [0.2, 0.25) is 0 Å². The molecule has 1 saturated heterocycles. The van der Waals surface area contributed by atoms with Gasteiger partial charge in [0, 0.05) is 31.7 Å². The summed E-state index contributed by atoms with van der Waals surface area (Å²) in [5.74, 6) is -4.81. The number of rotatable bonds is 6. The molecule has 2 amide bonds. The van der Waals surface area contributed by atoms with Crippen LogP contribution in [0.15, 0.2) is 65.2 Å². The second-order valence-corrected chi connectivity index (χ2v) is 12.0. The highest BCUT2D eigenvalue weighted by atomic mass is 19.4. The van der Waals surface area contributed by atoms with Gasteiger partial charge in [-0.2, -0.15) is 31.4 Å². The Hall–Kier alpha value is -5.29. The summed E-state index contributed by atoms with van der Waals surface area (Å²) in [6, 6.07) is 15.0. The summed E-state index contributed by atoms with van der Waals surface area (Å²) in [6.07, 6.45) is -10.4. The van der Waals surface area contributed by atoms with Crippen LogP contribution in [0.4, 0.5) is 42.2 Å². The SMILES string of the molecule is O=C1c2c(c(C(F)(F)F)nn2-c2ccc3onc(NC(=O)C(F)(F)F)c3c2)CCN1c1ccc(-c2ccccc2CN2CC[C@@H](O)C2)cc1F. The molecule has 10 nitrogen and oxygen atoms in total. The van der Waals surface area contributed by atoms with Crippen LogP contribution in [0.2, 0.25) is 0 Å². The maximum absolute atomic E-state index is 15.9. The summed E-state index contributed by atoms with van der Waals surface area (Å²) in [4.78, 5) is 28.6. The van der Waals surface area contributed by atoms with Crippen LogP contribution < -0.4 is 10.2 Å². The number of fused-ring (bicyclic) bond motifs is 2. The standard InChI is InChI=1S/C33H25F7N6O4/c34-24-13-17(21-4-2-1-3-18(21)15-44-11-9-20(47)16-44)5-7-25(24)45-12-10-22-27(30(45)48)46(42-28(22)32(35,36)37)19-6-8-26-23(14-19)29(43-50-26)41-31(49)33(38,39)40/h1-8,13-14,20,47H,9-12,15-16H2,(H,41,43,49)/t20-/m1/s1. The lowest BCUT2D eigenvalue weighted by Crippen LogP contribution is -2.39. The van der Waals surface area contributed by atoms with Gasteiger partial charge in [0.25, 0.3) is 5.91 Å². The molecule has 0 saturated carbocycles. The highest BCUT2D eigenvalue weighted by molar-refractivity contribution is 6.08. The van der Waals surface area contributed by atoms with Crippen LogP contribution in [-0.4, -0.2) is 68.7 Å². The zero-order valence-electron chi connectivity index (χ0n) is 25.6. The predicted octanol–water partition coefficient (Wildman–Crippen LogP) is 6.11. The number of nitrogens with zero attached hydrogens (tertiary/aromatic N) is 5. The molecule has 1 fully saturated rings.